The number of piperazine rings is 1. The Balaban J connectivity index is 1.22. The van der Waals surface area contributed by atoms with Crippen LogP contribution in [0.4, 0.5) is 5.82 Å². The molecule has 0 radical (unpaired) electrons. The van der Waals surface area contributed by atoms with Crippen molar-refractivity contribution in [2.24, 2.45) is 0 Å². The van der Waals surface area contributed by atoms with Crippen molar-refractivity contribution in [3.8, 4) is 11.5 Å². The molecule has 3 aromatic rings. The Labute approximate surface area is 172 Å². The summed E-state index contributed by atoms with van der Waals surface area (Å²) in [4.78, 5) is 9.10. The molecule has 5 nitrogen and oxygen atoms in total. The van der Waals surface area contributed by atoms with Crippen LogP contribution < -0.4 is 9.64 Å². The van der Waals surface area contributed by atoms with E-state index in [-0.39, 0.29) is 0 Å². The van der Waals surface area contributed by atoms with E-state index in [2.05, 4.69) is 46.0 Å². The monoisotopic (exact) mass is 389 g/mol. The SMILES string of the molecule is Cc1ccc(Oc2cccc(COCN3CCN(c4ccccn4)CC3)c2)cc1. The first-order chi connectivity index (χ1) is 14.3. The zero-order chi connectivity index (χ0) is 19.9. The van der Waals surface area contributed by atoms with Crippen LogP contribution in [0.2, 0.25) is 0 Å². The second-order valence-electron chi connectivity index (χ2n) is 7.33. The summed E-state index contributed by atoms with van der Waals surface area (Å²) in [6.45, 7) is 7.19. The summed E-state index contributed by atoms with van der Waals surface area (Å²) in [5.74, 6) is 2.73. The highest BCUT2D eigenvalue weighted by Crippen LogP contribution is 2.23. The van der Waals surface area contributed by atoms with E-state index in [1.165, 1.54) is 5.56 Å². The van der Waals surface area contributed by atoms with Crippen molar-refractivity contribution < 1.29 is 9.47 Å². The van der Waals surface area contributed by atoms with Crippen LogP contribution in [0, 0.1) is 6.92 Å². The Bertz CT molecular complexity index is 892. The summed E-state index contributed by atoms with van der Waals surface area (Å²) in [5, 5.41) is 0. The van der Waals surface area contributed by atoms with E-state index in [0.717, 1.165) is 49.1 Å². The molecule has 5 heteroatoms. The van der Waals surface area contributed by atoms with Crippen LogP contribution in [0.1, 0.15) is 11.1 Å². The Kier molecular flexibility index (Phi) is 6.39. The number of rotatable bonds is 7. The molecule has 0 aliphatic carbocycles. The van der Waals surface area contributed by atoms with Crippen molar-refractivity contribution in [1.29, 1.82) is 0 Å². The molecule has 0 N–H and O–H groups in total. The number of nitrogens with zero attached hydrogens (tertiary/aromatic N) is 3. The van der Waals surface area contributed by atoms with Gasteiger partial charge in [0.1, 0.15) is 17.3 Å². The lowest BCUT2D eigenvalue weighted by Gasteiger charge is -2.35. The van der Waals surface area contributed by atoms with Gasteiger partial charge in [0, 0.05) is 32.4 Å². The molecule has 0 amide bonds. The average Bonchev–Trinajstić information content (AvgIpc) is 2.77. The number of aryl methyl sites for hydroxylation is 1. The molecule has 2 heterocycles. The van der Waals surface area contributed by atoms with Gasteiger partial charge in [0.25, 0.3) is 0 Å². The number of benzene rings is 2. The lowest BCUT2D eigenvalue weighted by atomic mass is 10.2. The Morgan fingerprint density at radius 2 is 1.69 bits per heavy atom. The van der Waals surface area contributed by atoms with Crippen LogP contribution in [-0.4, -0.2) is 42.8 Å². The minimum absolute atomic E-state index is 0.575. The number of ether oxygens (including phenoxy) is 2. The Morgan fingerprint density at radius 1 is 0.862 bits per heavy atom. The largest absolute Gasteiger partial charge is 0.457 e. The summed E-state index contributed by atoms with van der Waals surface area (Å²) in [5.41, 5.74) is 2.34. The van der Waals surface area contributed by atoms with E-state index in [9.17, 15) is 0 Å². The maximum atomic E-state index is 5.96. The third-order valence-corrected chi connectivity index (χ3v) is 5.04. The Morgan fingerprint density at radius 3 is 2.45 bits per heavy atom. The second kappa shape index (κ2) is 9.54. The molecule has 1 aliphatic rings. The van der Waals surface area contributed by atoms with E-state index in [0.29, 0.717) is 13.3 Å². The Hall–Kier alpha value is -2.89. The predicted octanol–water partition coefficient (Wildman–Crippen LogP) is 4.48. The highest BCUT2D eigenvalue weighted by molar-refractivity contribution is 5.38. The van der Waals surface area contributed by atoms with Crippen molar-refractivity contribution in [1.82, 2.24) is 9.88 Å². The van der Waals surface area contributed by atoms with Gasteiger partial charge in [0.15, 0.2) is 0 Å². The zero-order valence-corrected chi connectivity index (χ0v) is 16.8. The van der Waals surface area contributed by atoms with Gasteiger partial charge in [-0.05, 0) is 48.9 Å². The van der Waals surface area contributed by atoms with Crippen LogP contribution in [0.25, 0.3) is 0 Å². The van der Waals surface area contributed by atoms with Gasteiger partial charge in [-0.2, -0.15) is 0 Å². The van der Waals surface area contributed by atoms with Crippen LogP contribution in [-0.2, 0) is 11.3 Å². The number of pyridine rings is 1. The predicted molar refractivity (Wildman–Crippen MR) is 115 cm³/mol. The quantitative estimate of drug-likeness (QED) is 0.596. The van der Waals surface area contributed by atoms with Crippen LogP contribution >= 0.6 is 0 Å². The lowest BCUT2D eigenvalue weighted by molar-refractivity contribution is 0.0160. The first-order valence-electron chi connectivity index (χ1n) is 10.1. The molecule has 1 aromatic heterocycles. The van der Waals surface area contributed by atoms with Crippen LogP contribution in [0.5, 0.6) is 11.5 Å². The van der Waals surface area contributed by atoms with Crippen molar-refractivity contribution in [2.45, 2.75) is 13.5 Å². The van der Waals surface area contributed by atoms with Crippen molar-refractivity contribution in [3.05, 3.63) is 84.1 Å². The van der Waals surface area contributed by atoms with Gasteiger partial charge >= 0.3 is 0 Å². The molecule has 150 valence electrons. The summed E-state index contributed by atoms with van der Waals surface area (Å²) in [6, 6.07) is 22.2. The van der Waals surface area contributed by atoms with Crippen LogP contribution in [0.15, 0.2) is 72.9 Å². The van der Waals surface area contributed by atoms with Crippen molar-refractivity contribution in [3.63, 3.8) is 0 Å². The van der Waals surface area contributed by atoms with E-state index in [4.69, 9.17) is 9.47 Å². The molecule has 2 aromatic carbocycles. The molecular formula is C24H27N3O2. The molecular weight excluding hydrogens is 362 g/mol. The molecule has 0 unspecified atom stereocenters. The fraction of sp³-hybridized carbons (Fsp3) is 0.292. The van der Waals surface area contributed by atoms with E-state index in [1.54, 1.807) is 0 Å². The van der Waals surface area contributed by atoms with Gasteiger partial charge in [-0.1, -0.05) is 35.9 Å². The first-order valence-corrected chi connectivity index (χ1v) is 10.1. The van der Waals surface area contributed by atoms with E-state index >= 15 is 0 Å². The van der Waals surface area contributed by atoms with Gasteiger partial charge in [0.05, 0.1) is 13.3 Å². The highest BCUT2D eigenvalue weighted by atomic mass is 16.5. The third kappa shape index (κ3) is 5.56. The lowest BCUT2D eigenvalue weighted by Crippen LogP contribution is -2.47. The second-order valence-corrected chi connectivity index (χ2v) is 7.33. The molecule has 1 saturated heterocycles. The highest BCUT2D eigenvalue weighted by Gasteiger charge is 2.17. The summed E-state index contributed by atoms with van der Waals surface area (Å²) in [7, 11) is 0. The topological polar surface area (TPSA) is 37.8 Å². The standard InChI is InChI=1S/C24H27N3O2/c1-20-8-10-22(11-9-20)29-23-6-4-5-21(17-23)18-28-19-26-13-15-27(16-14-26)24-7-2-3-12-25-24/h2-12,17H,13-16,18-19H2,1H3. The fourth-order valence-electron chi connectivity index (χ4n) is 3.38. The minimum atomic E-state index is 0.575. The van der Waals surface area contributed by atoms with E-state index in [1.807, 2.05) is 48.7 Å². The average molecular weight is 389 g/mol. The number of anilines is 1. The minimum Gasteiger partial charge on any atom is -0.457 e. The molecule has 4 rings (SSSR count). The molecule has 0 saturated carbocycles. The summed E-state index contributed by atoms with van der Waals surface area (Å²) >= 11 is 0. The smallest absolute Gasteiger partial charge is 0.128 e. The number of hydrogen-bond donors (Lipinski definition) is 0. The van der Waals surface area contributed by atoms with Crippen LogP contribution in [0.3, 0.4) is 0 Å². The first kappa shape index (κ1) is 19.4. The third-order valence-electron chi connectivity index (χ3n) is 5.04. The maximum Gasteiger partial charge on any atom is 0.128 e. The maximum absolute atomic E-state index is 5.96. The van der Waals surface area contributed by atoms with Gasteiger partial charge in [-0.3, -0.25) is 4.90 Å². The molecule has 0 spiro atoms. The normalized spacial score (nSPS) is 14.7. The van der Waals surface area contributed by atoms with Crippen molar-refractivity contribution >= 4 is 5.82 Å². The molecule has 1 aliphatic heterocycles. The number of aromatic nitrogens is 1. The van der Waals surface area contributed by atoms with E-state index < -0.39 is 0 Å². The molecule has 1 fully saturated rings. The zero-order valence-electron chi connectivity index (χ0n) is 16.8. The number of hydrogen-bond acceptors (Lipinski definition) is 5. The molecule has 0 bridgehead atoms. The van der Waals surface area contributed by atoms with Gasteiger partial charge in [0.2, 0.25) is 0 Å². The molecule has 29 heavy (non-hydrogen) atoms. The van der Waals surface area contributed by atoms with Gasteiger partial charge in [-0.15, -0.1) is 0 Å². The van der Waals surface area contributed by atoms with Gasteiger partial charge in [-0.25, -0.2) is 4.98 Å². The summed E-state index contributed by atoms with van der Waals surface area (Å²) in [6.07, 6.45) is 1.85. The molecule has 0 atom stereocenters. The fourth-order valence-corrected chi connectivity index (χ4v) is 3.38. The van der Waals surface area contributed by atoms with Gasteiger partial charge < -0.3 is 14.4 Å². The van der Waals surface area contributed by atoms with Crippen molar-refractivity contribution in [2.75, 3.05) is 37.8 Å². The summed E-state index contributed by atoms with van der Waals surface area (Å²) < 4.78 is 11.9.